The highest BCUT2D eigenvalue weighted by atomic mass is 35.5. The van der Waals surface area contributed by atoms with Crippen molar-refractivity contribution in [1.82, 2.24) is 9.88 Å². The molecule has 176 valence electrons. The van der Waals surface area contributed by atoms with Gasteiger partial charge in [0.15, 0.2) is 14.6 Å². The van der Waals surface area contributed by atoms with Crippen LogP contribution in [0.1, 0.15) is 39.0 Å². The lowest BCUT2D eigenvalue weighted by Crippen LogP contribution is -2.40. The fraction of sp³-hybridized carbons (Fsp3) is 0.571. The van der Waals surface area contributed by atoms with E-state index in [9.17, 15) is 18.0 Å². The van der Waals surface area contributed by atoms with Gasteiger partial charge in [-0.3, -0.25) is 9.59 Å². The summed E-state index contributed by atoms with van der Waals surface area (Å²) in [6, 6.07) is 5.36. The van der Waals surface area contributed by atoms with Crippen LogP contribution in [-0.4, -0.2) is 55.6 Å². The number of rotatable bonds is 9. The molecular weight excluding hydrogens is 474 g/mol. The molecule has 1 N–H and O–H groups in total. The number of aromatic nitrogens is 1. The van der Waals surface area contributed by atoms with Crippen molar-refractivity contribution in [2.45, 2.75) is 51.6 Å². The van der Waals surface area contributed by atoms with Crippen LogP contribution < -0.4 is 10.1 Å². The van der Waals surface area contributed by atoms with E-state index in [-0.39, 0.29) is 6.04 Å². The van der Waals surface area contributed by atoms with Gasteiger partial charge in [-0.05, 0) is 38.0 Å². The number of halogens is 1. The molecule has 1 saturated carbocycles. The van der Waals surface area contributed by atoms with Crippen LogP contribution in [-0.2, 0) is 30.7 Å². The van der Waals surface area contributed by atoms with Gasteiger partial charge in [0, 0.05) is 24.2 Å². The van der Waals surface area contributed by atoms with E-state index < -0.39 is 33.2 Å². The van der Waals surface area contributed by atoms with E-state index >= 15 is 0 Å². The minimum Gasteiger partial charge on any atom is -0.380 e. The summed E-state index contributed by atoms with van der Waals surface area (Å²) in [5.41, 5.74) is 0.834. The number of hydrogen-bond acceptors (Lipinski definition) is 6. The maximum atomic E-state index is 12.5. The van der Waals surface area contributed by atoms with Crippen molar-refractivity contribution >= 4 is 54.8 Å². The first-order valence-electron chi connectivity index (χ1n) is 10.7. The molecule has 3 rings (SSSR count). The molecule has 2 aromatic rings. The second-order valence-electron chi connectivity index (χ2n) is 7.79. The van der Waals surface area contributed by atoms with Crippen molar-refractivity contribution in [3.8, 4) is 0 Å². The standard InChI is InChI=1S/C21H28ClN3O5S2/c1-2-30-11-10-25-17-9-8-15(22)12-18(17)31-21(25)24-20(27)14-32(28,29)13-19(26)23-16-6-4-3-5-7-16/h8-9,12,16H,2-7,10-11,13-14H2,1H3,(H,23,26). The monoisotopic (exact) mass is 501 g/mol. The third kappa shape index (κ3) is 7.13. The third-order valence-corrected chi connectivity index (χ3v) is 7.86. The summed E-state index contributed by atoms with van der Waals surface area (Å²) in [6.07, 6.45) is 4.90. The number of nitrogens with zero attached hydrogens (tertiary/aromatic N) is 2. The predicted octanol–water partition coefficient (Wildman–Crippen LogP) is 2.68. The van der Waals surface area contributed by atoms with Gasteiger partial charge < -0.3 is 14.6 Å². The minimum atomic E-state index is -3.93. The minimum absolute atomic E-state index is 0.0153. The van der Waals surface area contributed by atoms with Gasteiger partial charge in [-0.15, -0.1) is 0 Å². The van der Waals surface area contributed by atoms with Crippen LogP contribution in [0.15, 0.2) is 23.2 Å². The fourth-order valence-electron chi connectivity index (χ4n) is 3.74. The molecule has 1 heterocycles. The number of carbonyl (C=O) groups is 2. The Kier molecular flexibility index (Phi) is 8.87. The topological polar surface area (TPSA) is 107 Å². The zero-order chi connectivity index (χ0) is 23.1. The molecule has 1 aromatic carbocycles. The summed E-state index contributed by atoms with van der Waals surface area (Å²) in [7, 11) is -3.93. The number of thiazole rings is 1. The lowest BCUT2D eigenvalue weighted by Gasteiger charge is -2.22. The number of hydrogen-bond donors (Lipinski definition) is 1. The Labute approximate surface area is 196 Å². The Bertz CT molecular complexity index is 1130. The lowest BCUT2D eigenvalue weighted by molar-refractivity contribution is -0.119. The van der Waals surface area contributed by atoms with Gasteiger partial charge >= 0.3 is 0 Å². The lowest BCUT2D eigenvalue weighted by atomic mass is 9.95. The number of ether oxygens (including phenoxy) is 1. The molecule has 0 radical (unpaired) electrons. The smallest absolute Gasteiger partial charge is 0.263 e. The molecule has 0 aliphatic heterocycles. The van der Waals surface area contributed by atoms with Crippen LogP contribution in [0.2, 0.25) is 5.02 Å². The first-order chi connectivity index (χ1) is 15.3. The maximum Gasteiger partial charge on any atom is 0.263 e. The largest absolute Gasteiger partial charge is 0.380 e. The van der Waals surface area contributed by atoms with Crippen molar-refractivity contribution in [3.05, 3.63) is 28.0 Å². The van der Waals surface area contributed by atoms with Crippen LogP contribution in [0.5, 0.6) is 0 Å². The number of carbonyl (C=O) groups excluding carboxylic acids is 2. The second kappa shape index (κ2) is 11.4. The van der Waals surface area contributed by atoms with Gasteiger partial charge in [0.1, 0.15) is 11.5 Å². The quantitative estimate of drug-likeness (QED) is 0.531. The zero-order valence-corrected chi connectivity index (χ0v) is 20.4. The van der Waals surface area contributed by atoms with E-state index in [1.54, 1.807) is 12.1 Å². The molecule has 0 atom stereocenters. The number of nitrogens with one attached hydrogen (secondary N) is 1. The zero-order valence-electron chi connectivity index (χ0n) is 18.0. The molecule has 0 saturated heterocycles. The van der Waals surface area contributed by atoms with Crippen LogP contribution in [0.3, 0.4) is 0 Å². The summed E-state index contributed by atoms with van der Waals surface area (Å²) in [6.45, 7) is 3.32. The SMILES string of the molecule is CCOCCn1c(=NC(=O)CS(=O)(=O)CC(=O)NC2CCCCC2)sc2cc(Cl)ccc21. The predicted molar refractivity (Wildman–Crippen MR) is 126 cm³/mol. The van der Waals surface area contributed by atoms with Crippen LogP contribution in [0.4, 0.5) is 0 Å². The second-order valence-corrected chi connectivity index (χ2v) is 11.3. The Hall–Kier alpha value is -1.75. The average molecular weight is 502 g/mol. The van der Waals surface area contributed by atoms with Gasteiger partial charge in [0.2, 0.25) is 5.91 Å². The molecule has 0 spiro atoms. The van der Waals surface area contributed by atoms with E-state index in [1.165, 1.54) is 11.3 Å². The third-order valence-electron chi connectivity index (χ3n) is 5.19. The highest BCUT2D eigenvalue weighted by Gasteiger charge is 2.23. The van der Waals surface area contributed by atoms with Crippen molar-refractivity contribution < 1.29 is 22.7 Å². The average Bonchev–Trinajstić information content (AvgIpc) is 3.03. The number of fused-ring (bicyclic) bond motifs is 1. The van der Waals surface area contributed by atoms with Crippen LogP contribution >= 0.6 is 22.9 Å². The molecule has 2 amide bonds. The molecule has 1 aliphatic carbocycles. The van der Waals surface area contributed by atoms with Crippen molar-refractivity contribution in [3.63, 3.8) is 0 Å². The van der Waals surface area contributed by atoms with Gasteiger partial charge in [-0.2, -0.15) is 4.99 Å². The Morgan fingerprint density at radius 2 is 2.00 bits per heavy atom. The fourth-order valence-corrected chi connectivity index (χ4v) is 6.12. The van der Waals surface area contributed by atoms with E-state index in [2.05, 4.69) is 10.3 Å². The molecule has 0 unspecified atom stereocenters. The van der Waals surface area contributed by atoms with Gasteiger partial charge in [-0.25, -0.2) is 8.42 Å². The maximum absolute atomic E-state index is 12.5. The van der Waals surface area contributed by atoms with Crippen molar-refractivity contribution in [1.29, 1.82) is 0 Å². The van der Waals surface area contributed by atoms with Crippen molar-refractivity contribution in [2.24, 2.45) is 4.99 Å². The summed E-state index contributed by atoms with van der Waals surface area (Å²) < 4.78 is 32.9. The molecule has 8 nitrogen and oxygen atoms in total. The van der Waals surface area contributed by atoms with Gasteiger partial charge in [0.05, 0.1) is 16.8 Å². The molecule has 32 heavy (non-hydrogen) atoms. The summed E-state index contributed by atoms with van der Waals surface area (Å²) in [4.78, 5) is 29.1. The first-order valence-corrected chi connectivity index (χ1v) is 13.7. The van der Waals surface area contributed by atoms with Gasteiger partial charge in [0.25, 0.3) is 5.91 Å². The molecule has 1 aliphatic rings. The number of amides is 2. The number of sulfone groups is 1. The summed E-state index contributed by atoms with van der Waals surface area (Å²) in [5.74, 6) is -2.89. The van der Waals surface area contributed by atoms with Crippen LogP contribution in [0, 0.1) is 0 Å². The van der Waals surface area contributed by atoms with E-state index in [0.29, 0.717) is 29.6 Å². The molecule has 1 fully saturated rings. The molecule has 0 bridgehead atoms. The van der Waals surface area contributed by atoms with Crippen LogP contribution in [0.25, 0.3) is 10.2 Å². The normalized spacial score (nSPS) is 15.9. The van der Waals surface area contributed by atoms with Crippen molar-refractivity contribution in [2.75, 3.05) is 24.7 Å². The number of benzene rings is 1. The highest BCUT2D eigenvalue weighted by molar-refractivity contribution is 7.92. The Balaban J connectivity index is 1.73. The molecule has 1 aromatic heterocycles. The van der Waals surface area contributed by atoms with E-state index in [1.807, 2.05) is 17.6 Å². The highest BCUT2D eigenvalue weighted by Crippen LogP contribution is 2.22. The molecular formula is C21H28ClN3O5S2. The molecule has 11 heteroatoms. The van der Waals surface area contributed by atoms with Gasteiger partial charge in [-0.1, -0.05) is 42.2 Å². The Morgan fingerprint density at radius 1 is 1.25 bits per heavy atom. The Morgan fingerprint density at radius 3 is 2.72 bits per heavy atom. The summed E-state index contributed by atoms with van der Waals surface area (Å²) >= 11 is 7.33. The van der Waals surface area contributed by atoms with E-state index in [0.717, 1.165) is 42.3 Å². The van der Waals surface area contributed by atoms with E-state index in [4.69, 9.17) is 16.3 Å². The summed E-state index contributed by atoms with van der Waals surface area (Å²) in [5, 5.41) is 3.33. The first kappa shape index (κ1) is 24.9.